The van der Waals surface area contributed by atoms with Crippen LogP contribution in [0.3, 0.4) is 0 Å². The quantitative estimate of drug-likeness (QED) is 0.146. The van der Waals surface area contributed by atoms with Crippen molar-refractivity contribution in [1.29, 1.82) is 0 Å². The standard InChI is InChI=1S/C42H24S/c1-3-10-33-28(6-1)22-29-7-2-4-11-34(29)41(33)31-17-21-39-37(24-31)36-23-30(16-20-38(36)43-39)32-18-14-27-13-12-25-8-5-9-26-15-19-35(32)42(27)40(25)26/h1-24H. The average Bonchev–Trinajstić information content (AvgIpc) is 3.43. The predicted octanol–water partition coefficient (Wildman–Crippen LogP) is 12.6. The number of hydrogen-bond acceptors (Lipinski definition) is 1. The van der Waals surface area contributed by atoms with Crippen LogP contribution in [-0.4, -0.2) is 0 Å². The summed E-state index contributed by atoms with van der Waals surface area (Å²) in [5, 5.41) is 15.8. The number of rotatable bonds is 2. The third-order valence-electron chi connectivity index (χ3n) is 9.37. The molecule has 1 heteroatoms. The van der Waals surface area contributed by atoms with E-state index in [0.29, 0.717) is 0 Å². The first-order valence-corrected chi connectivity index (χ1v) is 15.7. The van der Waals surface area contributed by atoms with Crippen LogP contribution in [0.5, 0.6) is 0 Å². The Kier molecular flexibility index (Phi) is 4.69. The van der Waals surface area contributed by atoms with Crippen molar-refractivity contribution in [3.63, 3.8) is 0 Å². The lowest BCUT2D eigenvalue weighted by Crippen LogP contribution is -1.87. The zero-order chi connectivity index (χ0) is 28.1. The SMILES string of the molecule is c1ccc2c(-c3ccc4sc5ccc(-c6ccc7ccc8cccc9ccc6c7c89)cc5c4c3)c3ccccc3cc2c1. The molecule has 0 nitrogen and oxygen atoms in total. The molecule has 0 aliphatic rings. The molecule has 0 saturated carbocycles. The third-order valence-corrected chi connectivity index (χ3v) is 10.5. The maximum Gasteiger partial charge on any atom is 0.0355 e. The highest BCUT2D eigenvalue weighted by Crippen LogP contribution is 2.44. The van der Waals surface area contributed by atoms with E-state index >= 15 is 0 Å². The van der Waals surface area contributed by atoms with Crippen LogP contribution >= 0.6 is 11.3 Å². The van der Waals surface area contributed by atoms with E-state index in [1.807, 2.05) is 11.3 Å². The molecule has 0 fully saturated rings. The molecule has 0 amide bonds. The minimum Gasteiger partial charge on any atom is -0.135 e. The lowest BCUT2D eigenvalue weighted by atomic mass is 9.89. The number of hydrogen-bond donors (Lipinski definition) is 0. The van der Waals surface area contributed by atoms with Crippen molar-refractivity contribution in [3.05, 3.63) is 146 Å². The summed E-state index contributed by atoms with van der Waals surface area (Å²) in [5.41, 5.74) is 5.15. The summed E-state index contributed by atoms with van der Waals surface area (Å²) in [5.74, 6) is 0. The second-order valence-electron chi connectivity index (χ2n) is 11.7. The summed E-state index contributed by atoms with van der Waals surface area (Å²) < 4.78 is 2.66. The van der Waals surface area contributed by atoms with Gasteiger partial charge in [0.25, 0.3) is 0 Å². The molecular weight excluding hydrogens is 537 g/mol. The normalized spacial score (nSPS) is 12.2. The van der Waals surface area contributed by atoms with Gasteiger partial charge in [-0.25, -0.2) is 0 Å². The van der Waals surface area contributed by atoms with Gasteiger partial charge >= 0.3 is 0 Å². The molecule has 0 N–H and O–H groups in total. The van der Waals surface area contributed by atoms with Gasteiger partial charge in [0, 0.05) is 20.2 Å². The molecule has 0 atom stereocenters. The van der Waals surface area contributed by atoms with Gasteiger partial charge in [-0.05, 0) is 106 Å². The van der Waals surface area contributed by atoms with Crippen molar-refractivity contribution in [2.75, 3.05) is 0 Å². The van der Waals surface area contributed by atoms with Gasteiger partial charge in [-0.2, -0.15) is 0 Å². The molecule has 198 valence electrons. The van der Waals surface area contributed by atoms with E-state index in [4.69, 9.17) is 0 Å². The Morgan fingerprint density at radius 1 is 0.326 bits per heavy atom. The Hall–Kier alpha value is -5.24. The zero-order valence-electron chi connectivity index (χ0n) is 23.3. The number of benzene rings is 9. The van der Waals surface area contributed by atoms with Gasteiger partial charge < -0.3 is 0 Å². The summed E-state index contributed by atoms with van der Waals surface area (Å²) >= 11 is 1.89. The fourth-order valence-electron chi connectivity index (χ4n) is 7.41. The molecule has 0 aliphatic heterocycles. The third kappa shape index (κ3) is 3.31. The van der Waals surface area contributed by atoms with Crippen molar-refractivity contribution >= 4 is 85.4 Å². The predicted molar refractivity (Wildman–Crippen MR) is 189 cm³/mol. The minimum absolute atomic E-state index is 1.27. The summed E-state index contributed by atoms with van der Waals surface area (Å²) in [7, 11) is 0. The van der Waals surface area contributed by atoms with E-state index in [2.05, 4.69) is 146 Å². The molecular formula is C42H24S. The monoisotopic (exact) mass is 560 g/mol. The van der Waals surface area contributed by atoms with Crippen LogP contribution in [0.4, 0.5) is 0 Å². The maximum absolute atomic E-state index is 2.43. The van der Waals surface area contributed by atoms with Gasteiger partial charge in [0.15, 0.2) is 0 Å². The summed E-state index contributed by atoms with van der Waals surface area (Å²) in [4.78, 5) is 0. The number of thiophene rings is 1. The molecule has 10 aromatic rings. The fourth-order valence-corrected chi connectivity index (χ4v) is 8.48. The first kappa shape index (κ1) is 23.3. The van der Waals surface area contributed by atoms with Crippen molar-refractivity contribution in [2.45, 2.75) is 0 Å². The molecule has 1 aromatic heterocycles. The highest BCUT2D eigenvalue weighted by atomic mass is 32.1. The zero-order valence-corrected chi connectivity index (χ0v) is 24.1. The van der Waals surface area contributed by atoms with E-state index in [0.717, 1.165) is 0 Å². The molecule has 1 heterocycles. The lowest BCUT2D eigenvalue weighted by Gasteiger charge is -2.14. The van der Waals surface area contributed by atoms with Gasteiger partial charge in [0.2, 0.25) is 0 Å². The Labute approximate surface area is 252 Å². The largest absolute Gasteiger partial charge is 0.135 e. The average molecular weight is 561 g/mol. The van der Waals surface area contributed by atoms with Gasteiger partial charge in [-0.1, -0.05) is 115 Å². The Balaban J connectivity index is 1.23. The van der Waals surface area contributed by atoms with Gasteiger partial charge in [-0.15, -0.1) is 11.3 Å². The Bertz CT molecular complexity index is 2660. The van der Waals surface area contributed by atoms with Crippen molar-refractivity contribution < 1.29 is 0 Å². The second kappa shape index (κ2) is 8.64. The van der Waals surface area contributed by atoms with E-state index in [1.165, 1.54) is 96.3 Å². The molecule has 0 saturated heterocycles. The highest BCUT2D eigenvalue weighted by molar-refractivity contribution is 7.25. The molecule has 0 unspecified atom stereocenters. The van der Waals surface area contributed by atoms with Gasteiger partial charge in [0.05, 0.1) is 0 Å². The minimum atomic E-state index is 1.27. The first-order valence-electron chi connectivity index (χ1n) is 14.8. The van der Waals surface area contributed by atoms with Gasteiger partial charge in [0.1, 0.15) is 0 Å². The molecule has 0 bridgehead atoms. The molecule has 10 rings (SSSR count). The maximum atomic E-state index is 2.43. The molecule has 9 aromatic carbocycles. The Morgan fingerprint density at radius 2 is 0.884 bits per heavy atom. The van der Waals surface area contributed by atoms with E-state index in [-0.39, 0.29) is 0 Å². The van der Waals surface area contributed by atoms with Crippen molar-refractivity contribution in [3.8, 4) is 22.3 Å². The molecule has 0 spiro atoms. The molecule has 0 aliphatic carbocycles. The van der Waals surface area contributed by atoms with Crippen LogP contribution < -0.4 is 0 Å². The van der Waals surface area contributed by atoms with Crippen LogP contribution in [-0.2, 0) is 0 Å². The smallest absolute Gasteiger partial charge is 0.0355 e. The highest BCUT2D eigenvalue weighted by Gasteiger charge is 2.15. The van der Waals surface area contributed by atoms with Gasteiger partial charge in [-0.3, -0.25) is 0 Å². The Morgan fingerprint density at radius 3 is 1.60 bits per heavy atom. The van der Waals surface area contributed by atoms with Crippen molar-refractivity contribution in [2.24, 2.45) is 0 Å². The molecule has 0 radical (unpaired) electrons. The van der Waals surface area contributed by atoms with E-state index in [9.17, 15) is 0 Å². The summed E-state index contributed by atoms with van der Waals surface area (Å²) in [6.45, 7) is 0. The van der Waals surface area contributed by atoms with Crippen molar-refractivity contribution in [1.82, 2.24) is 0 Å². The van der Waals surface area contributed by atoms with E-state index < -0.39 is 0 Å². The van der Waals surface area contributed by atoms with Crippen LogP contribution in [0.15, 0.2) is 146 Å². The topological polar surface area (TPSA) is 0 Å². The second-order valence-corrected chi connectivity index (χ2v) is 12.8. The van der Waals surface area contributed by atoms with Crippen LogP contribution in [0.1, 0.15) is 0 Å². The first-order chi connectivity index (χ1) is 21.3. The fraction of sp³-hybridized carbons (Fsp3) is 0. The van der Waals surface area contributed by atoms with Crippen LogP contribution in [0, 0.1) is 0 Å². The summed E-state index contributed by atoms with van der Waals surface area (Å²) in [6, 6.07) is 54.3. The summed E-state index contributed by atoms with van der Waals surface area (Å²) in [6.07, 6.45) is 0. The van der Waals surface area contributed by atoms with E-state index in [1.54, 1.807) is 0 Å². The van der Waals surface area contributed by atoms with Crippen LogP contribution in [0.2, 0.25) is 0 Å². The lowest BCUT2D eigenvalue weighted by molar-refractivity contribution is 1.71. The molecule has 43 heavy (non-hydrogen) atoms. The van der Waals surface area contributed by atoms with Crippen LogP contribution in [0.25, 0.3) is 96.3 Å². The number of fused-ring (bicyclic) bond motifs is 5.